The highest BCUT2D eigenvalue weighted by atomic mass is 19.1. The Hall–Kier alpha value is -2.82. The lowest BCUT2D eigenvalue weighted by Gasteiger charge is -2.25. The molecule has 1 N–H and O–H groups in total. The van der Waals surface area contributed by atoms with Crippen LogP contribution in [0.2, 0.25) is 0 Å². The monoisotopic (exact) mass is 489 g/mol. The molecular weight excluding hydrogens is 452 g/mol. The van der Waals surface area contributed by atoms with Crippen molar-refractivity contribution >= 4 is 0 Å². The molecule has 0 aliphatic carbocycles. The number of piperidine rings is 1. The Bertz CT molecular complexity index is 1150. The van der Waals surface area contributed by atoms with Crippen LogP contribution in [0.3, 0.4) is 0 Å². The summed E-state index contributed by atoms with van der Waals surface area (Å²) in [5, 5.41) is 3.34. The normalized spacial score (nSPS) is 15.9. The van der Waals surface area contributed by atoms with E-state index in [9.17, 15) is 4.39 Å². The zero-order valence-corrected chi connectivity index (χ0v) is 21.3. The summed E-state index contributed by atoms with van der Waals surface area (Å²) in [6.07, 6.45) is 8.44. The average molecular weight is 490 g/mol. The van der Waals surface area contributed by atoms with E-state index in [1.54, 1.807) is 12.1 Å². The minimum atomic E-state index is -0.350. The quantitative estimate of drug-likeness (QED) is 0.215. The van der Waals surface area contributed by atoms with Crippen LogP contribution < -0.4 is 5.32 Å². The highest BCUT2D eigenvalue weighted by Crippen LogP contribution is 2.30. The molecule has 0 bridgehead atoms. The van der Waals surface area contributed by atoms with Crippen molar-refractivity contribution in [2.75, 3.05) is 6.54 Å². The van der Waals surface area contributed by atoms with E-state index in [4.69, 9.17) is 4.74 Å². The Labute approximate surface area is 214 Å². The molecule has 2 nitrogen and oxygen atoms in total. The third-order valence-electron chi connectivity index (χ3n) is 6.96. The first-order chi connectivity index (χ1) is 17.5. The van der Waals surface area contributed by atoms with Gasteiger partial charge < -0.3 is 4.74 Å². The Balaban J connectivity index is 1.36. The first-order valence-corrected chi connectivity index (χ1v) is 13.2. The lowest BCUT2D eigenvalue weighted by atomic mass is 9.97. The van der Waals surface area contributed by atoms with E-state index in [0.717, 1.165) is 55.3 Å². The summed E-state index contributed by atoms with van der Waals surface area (Å²) in [6.45, 7) is 7.51. The van der Waals surface area contributed by atoms with Gasteiger partial charge in [0.25, 0.3) is 0 Å². The molecule has 4 heteroatoms. The van der Waals surface area contributed by atoms with Gasteiger partial charge in [-0.3, -0.25) is 5.32 Å². The van der Waals surface area contributed by atoms with Crippen LogP contribution in [0.1, 0.15) is 63.0 Å². The second-order valence-electron chi connectivity index (χ2n) is 9.83. The number of hydrogen-bond donors (Lipinski definition) is 1. The van der Waals surface area contributed by atoms with Gasteiger partial charge in [0, 0.05) is 12.1 Å². The first kappa shape index (κ1) is 26.2. The lowest BCUT2D eigenvalue weighted by Crippen LogP contribution is -2.36. The molecule has 1 aliphatic heterocycles. The van der Waals surface area contributed by atoms with Crippen molar-refractivity contribution in [3.8, 4) is 22.3 Å². The maximum Gasteiger partial charge on any atom is 0.131 e. The summed E-state index contributed by atoms with van der Waals surface area (Å²) in [7, 11) is 0. The Morgan fingerprint density at radius 3 is 2.28 bits per heavy atom. The fourth-order valence-corrected chi connectivity index (χ4v) is 4.68. The largest absolute Gasteiger partial charge is 0.359 e. The smallest absolute Gasteiger partial charge is 0.131 e. The van der Waals surface area contributed by atoms with Gasteiger partial charge in [-0.15, -0.1) is 0 Å². The van der Waals surface area contributed by atoms with E-state index < -0.39 is 0 Å². The van der Waals surface area contributed by atoms with E-state index >= 15 is 4.39 Å². The molecule has 0 saturated carbocycles. The molecule has 1 atom stereocenters. The Morgan fingerprint density at radius 1 is 0.861 bits per heavy atom. The van der Waals surface area contributed by atoms with E-state index in [1.165, 1.54) is 37.0 Å². The number of ether oxygens (including phenoxy) is 1. The number of nitrogens with one attached hydrogen (secondary N) is 1. The third kappa shape index (κ3) is 7.11. The van der Waals surface area contributed by atoms with Crippen LogP contribution in [-0.2, 0) is 17.8 Å². The molecule has 1 heterocycles. The van der Waals surface area contributed by atoms with E-state index in [-0.39, 0.29) is 17.9 Å². The van der Waals surface area contributed by atoms with Gasteiger partial charge in [-0.1, -0.05) is 93.3 Å². The van der Waals surface area contributed by atoms with Crippen molar-refractivity contribution in [2.24, 2.45) is 0 Å². The molecule has 3 aromatic carbocycles. The molecular formula is C32H37F2NO. The van der Waals surface area contributed by atoms with Crippen molar-refractivity contribution in [3.05, 3.63) is 95.6 Å². The molecule has 0 aromatic heterocycles. The number of hydrogen-bond acceptors (Lipinski definition) is 2. The van der Waals surface area contributed by atoms with Crippen molar-refractivity contribution in [1.29, 1.82) is 0 Å². The first-order valence-electron chi connectivity index (χ1n) is 13.2. The van der Waals surface area contributed by atoms with Gasteiger partial charge in [-0.2, -0.15) is 0 Å². The molecule has 1 fully saturated rings. The topological polar surface area (TPSA) is 21.3 Å². The van der Waals surface area contributed by atoms with Crippen molar-refractivity contribution in [2.45, 2.75) is 71.1 Å². The predicted octanol–water partition coefficient (Wildman–Crippen LogP) is 8.59. The summed E-state index contributed by atoms with van der Waals surface area (Å²) < 4.78 is 35.7. The number of halogens is 2. The van der Waals surface area contributed by atoms with Crippen molar-refractivity contribution in [1.82, 2.24) is 5.32 Å². The molecule has 0 radical (unpaired) electrons. The van der Waals surface area contributed by atoms with Crippen LogP contribution in [-0.4, -0.2) is 12.8 Å². The second kappa shape index (κ2) is 12.9. The summed E-state index contributed by atoms with van der Waals surface area (Å²) >= 11 is 0. The minimum Gasteiger partial charge on any atom is -0.359 e. The summed E-state index contributed by atoms with van der Waals surface area (Å²) in [6, 6.07) is 18.2. The SMILES string of the molecule is C=C1CCC(OCc2ccc(-c3ccc(-c4ccc(CCCCCCC)c(F)c4)c(F)c3)cc2)NC1. The highest BCUT2D eigenvalue weighted by Gasteiger charge is 2.15. The minimum absolute atomic E-state index is 0.0570. The van der Waals surface area contributed by atoms with Crippen LogP contribution >= 0.6 is 0 Å². The molecule has 1 unspecified atom stereocenters. The van der Waals surface area contributed by atoms with Crippen LogP contribution in [0.5, 0.6) is 0 Å². The van der Waals surface area contributed by atoms with Gasteiger partial charge >= 0.3 is 0 Å². The zero-order chi connectivity index (χ0) is 25.3. The zero-order valence-electron chi connectivity index (χ0n) is 21.3. The lowest BCUT2D eigenvalue weighted by molar-refractivity contribution is 0.00794. The maximum absolute atomic E-state index is 15.1. The molecule has 1 saturated heterocycles. The van der Waals surface area contributed by atoms with E-state index in [0.29, 0.717) is 23.3 Å². The fourth-order valence-electron chi connectivity index (χ4n) is 4.68. The number of rotatable bonds is 11. The van der Waals surface area contributed by atoms with Gasteiger partial charge in [0.1, 0.15) is 17.9 Å². The summed E-state index contributed by atoms with van der Waals surface area (Å²) in [4.78, 5) is 0. The van der Waals surface area contributed by atoms with Crippen molar-refractivity contribution in [3.63, 3.8) is 0 Å². The van der Waals surface area contributed by atoms with Crippen LogP contribution in [0.25, 0.3) is 22.3 Å². The Morgan fingerprint density at radius 2 is 1.58 bits per heavy atom. The molecule has 0 amide bonds. The molecule has 1 aliphatic rings. The number of unbranched alkanes of at least 4 members (excludes halogenated alkanes) is 4. The van der Waals surface area contributed by atoms with Crippen LogP contribution in [0.15, 0.2) is 72.8 Å². The molecule has 4 rings (SSSR count). The van der Waals surface area contributed by atoms with Crippen LogP contribution in [0.4, 0.5) is 8.78 Å². The predicted molar refractivity (Wildman–Crippen MR) is 145 cm³/mol. The summed E-state index contributed by atoms with van der Waals surface area (Å²) in [5.74, 6) is -0.603. The molecule has 36 heavy (non-hydrogen) atoms. The molecule has 0 spiro atoms. The van der Waals surface area contributed by atoms with E-state index in [2.05, 4.69) is 18.8 Å². The Kier molecular flexibility index (Phi) is 9.43. The fraction of sp³-hybridized carbons (Fsp3) is 0.375. The van der Waals surface area contributed by atoms with Crippen molar-refractivity contribution < 1.29 is 13.5 Å². The maximum atomic E-state index is 15.1. The van der Waals surface area contributed by atoms with Gasteiger partial charge in [0.15, 0.2) is 0 Å². The van der Waals surface area contributed by atoms with Crippen LogP contribution in [0, 0.1) is 11.6 Å². The summed E-state index contributed by atoms with van der Waals surface area (Å²) in [5.41, 5.74) is 5.71. The standard InChI is InChI=1S/C32H37F2NO/c1-3-4-5-6-7-8-26-14-15-28(20-30(26)33)29-17-16-27(19-31(29)34)25-12-10-24(11-13-25)22-36-32-18-9-23(2)21-35-32/h10-17,19-20,32,35H,2-9,18,21-22H2,1H3. The van der Waals surface area contributed by atoms with Gasteiger partial charge in [0.05, 0.1) is 6.61 Å². The third-order valence-corrected chi connectivity index (χ3v) is 6.96. The van der Waals surface area contributed by atoms with Gasteiger partial charge in [-0.05, 0) is 65.6 Å². The van der Waals surface area contributed by atoms with E-state index in [1.807, 2.05) is 36.4 Å². The van der Waals surface area contributed by atoms with Gasteiger partial charge in [-0.25, -0.2) is 8.78 Å². The van der Waals surface area contributed by atoms with Gasteiger partial charge in [0.2, 0.25) is 0 Å². The molecule has 190 valence electrons. The average Bonchev–Trinajstić information content (AvgIpc) is 2.89. The number of aryl methyl sites for hydroxylation is 1. The molecule has 3 aromatic rings. The second-order valence-corrected chi connectivity index (χ2v) is 9.83. The number of benzene rings is 3. The highest BCUT2D eigenvalue weighted by molar-refractivity contribution is 5.71.